The number of hydrogen-bond donors (Lipinski definition) is 1. The number of piperidine rings is 1. The first-order valence-electron chi connectivity index (χ1n) is 11.1. The summed E-state index contributed by atoms with van der Waals surface area (Å²) in [5.74, 6) is 0.912. The lowest BCUT2D eigenvalue weighted by Crippen LogP contribution is -2.56. The van der Waals surface area contributed by atoms with Gasteiger partial charge in [0.05, 0.1) is 12.6 Å². The molecule has 182 valence electrons. The third kappa shape index (κ3) is 4.55. The molecule has 1 aromatic heterocycles. The average molecular weight is 468 g/mol. The van der Waals surface area contributed by atoms with Crippen LogP contribution in [0.5, 0.6) is 11.5 Å². The van der Waals surface area contributed by atoms with Crippen molar-refractivity contribution < 1.29 is 28.9 Å². The topological polar surface area (TPSA) is 55.7 Å². The van der Waals surface area contributed by atoms with Crippen LogP contribution in [-0.4, -0.2) is 47.7 Å². The van der Waals surface area contributed by atoms with E-state index in [4.69, 9.17) is 9.47 Å². The second-order valence-corrected chi connectivity index (χ2v) is 9.63. The number of rotatable bonds is 3. The zero-order chi connectivity index (χ0) is 24.0. The lowest BCUT2D eigenvalue weighted by atomic mass is 9.83. The number of methoxy groups -OCH3 is 1. The maximum Gasteiger partial charge on any atom is 0.431 e. The fourth-order valence-corrected chi connectivity index (χ4v) is 4.79. The Balaban J connectivity index is 0.00000324. The molecule has 0 radical (unpaired) electrons. The van der Waals surface area contributed by atoms with Crippen LogP contribution < -0.4 is 14.8 Å². The predicted octanol–water partition coefficient (Wildman–Crippen LogP) is 4.67. The monoisotopic (exact) mass is 467 g/mol. The number of benzene rings is 1. The van der Waals surface area contributed by atoms with Gasteiger partial charge in [-0.1, -0.05) is 0 Å². The van der Waals surface area contributed by atoms with E-state index in [0.29, 0.717) is 55.2 Å². The van der Waals surface area contributed by atoms with Crippen LogP contribution in [0.2, 0.25) is 0 Å². The first-order chi connectivity index (χ1) is 15.4. The van der Waals surface area contributed by atoms with Crippen LogP contribution in [0.4, 0.5) is 13.2 Å². The van der Waals surface area contributed by atoms with E-state index in [2.05, 4.69) is 5.32 Å². The number of hydrogen-bond acceptors (Lipinski definition) is 4. The van der Waals surface area contributed by atoms with E-state index in [1.54, 1.807) is 29.2 Å². The molecule has 33 heavy (non-hydrogen) atoms. The van der Waals surface area contributed by atoms with Crippen LogP contribution in [0, 0.1) is 0 Å². The van der Waals surface area contributed by atoms with Crippen molar-refractivity contribution in [3.63, 3.8) is 0 Å². The molecule has 1 fully saturated rings. The Kier molecular flexibility index (Phi) is 5.88. The van der Waals surface area contributed by atoms with Gasteiger partial charge in [-0.15, -0.1) is 0 Å². The highest BCUT2D eigenvalue weighted by atomic mass is 19.4. The third-order valence-electron chi connectivity index (χ3n) is 6.29. The lowest BCUT2D eigenvalue weighted by Gasteiger charge is -2.45. The van der Waals surface area contributed by atoms with Gasteiger partial charge in [0.2, 0.25) is 0 Å². The summed E-state index contributed by atoms with van der Waals surface area (Å²) in [4.78, 5) is 14.9. The molecule has 9 heteroatoms. The lowest BCUT2D eigenvalue weighted by molar-refractivity contribution is -0.144. The summed E-state index contributed by atoms with van der Waals surface area (Å²) in [6.07, 6.45) is -3.29. The largest absolute Gasteiger partial charge is 0.493 e. The minimum Gasteiger partial charge on any atom is -0.493 e. The van der Waals surface area contributed by atoms with Crippen molar-refractivity contribution in [1.82, 2.24) is 14.8 Å². The zero-order valence-corrected chi connectivity index (χ0v) is 19.4. The molecule has 2 aromatic rings. The van der Waals surface area contributed by atoms with Gasteiger partial charge >= 0.3 is 6.18 Å². The molecule has 1 amide bonds. The summed E-state index contributed by atoms with van der Waals surface area (Å²) < 4.78 is 52.9. The third-order valence-corrected chi connectivity index (χ3v) is 6.29. The first-order valence-corrected chi connectivity index (χ1v) is 11.1. The number of ether oxygens (including phenoxy) is 2. The van der Waals surface area contributed by atoms with Gasteiger partial charge < -0.3 is 24.3 Å². The van der Waals surface area contributed by atoms with Crippen LogP contribution in [0.3, 0.4) is 0 Å². The van der Waals surface area contributed by atoms with Crippen LogP contribution in [-0.2, 0) is 18.3 Å². The number of alkyl halides is 3. The number of nitrogens with zero attached hydrogens (tertiary/aromatic N) is 2. The van der Waals surface area contributed by atoms with Crippen LogP contribution >= 0.6 is 0 Å². The van der Waals surface area contributed by atoms with E-state index in [-0.39, 0.29) is 13.9 Å². The number of fused-ring (bicyclic) bond motifs is 2. The molecule has 1 aromatic carbocycles. The minimum absolute atomic E-state index is 0. The molecule has 0 bridgehead atoms. The maximum absolute atomic E-state index is 13.4. The highest BCUT2D eigenvalue weighted by Crippen LogP contribution is 2.40. The Bertz CT molecular complexity index is 1040. The molecule has 0 atom stereocenters. The van der Waals surface area contributed by atoms with Crippen molar-refractivity contribution >= 4 is 5.91 Å². The molecule has 1 spiro atoms. The van der Waals surface area contributed by atoms with E-state index < -0.39 is 23.0 Å². The van der Waals surface area contributed by atoms with E-state index in [1.807, 2.05) is 20.8 Å². The number of likely N-dealkylation sites (tertiary alicyclic amines) is 1. The van der Waals surface area contributed by atoms with E-state index in [0.717, 1.165) is 6.07 Å². The van der Waals surface area contributed by atoms with Crippen LogP contribution in [0.15, 0.2) is 30.3 Å². The molecule has 2 aliphatic rings. The highest BCUT2D eigenvalue weighted by molar-refractivity contribution is 5.95. The average Bonchev–Trinajstić information content (AvgIpc) is 3.19. The summed E-state index contributed by atoms with van der Waals surface area (Å²) in [7, 11) is 1.53. The van der Waals surface area contributed by atoms with Crippen LogP contribution in [0.1, 0.15) is 56.8 Å². The standard InChI is InChI=1S/C24H30F3N3O3.H2/c1-22(2,3)33-17-6-5-16(15-18(17)32-4)21(31)29-12-9-23(10-13-29)19-7-8-20(24(25,26)27)30(19)14-11-28-23;/h5-8,15,28H,9-14H2,1-4H3;1H. The summed E-state index contributed by atoms with van der Waals surface area (Å²) in [5.41, 5.74) is -0.430. The van der Waals surface area contributed by atoms with Crippen molar-refractivity contribution in [1.29, 1.82) is 0 Å². The molecule has 0 aliphatic carbocycles. The fraction of sp³-hybridized carbons (Fsp3) is 0.542. The second-order valence-electron chi connectivity index (χ2n) is 9.63. The van der Waals surface area contributed by atoms with Crippen molar-refractivity contribution in [2.24, 2.45) is 0 Å². The maximum atomic E-state index is 13.4. The summed E-state index contributed by atoms with van der Waals surface area (Å²) in [6, 6.07) is 7.86. The SMILES string of the molecule is COc1cc(C(=O)N2CCC3(CC2)NCCn2c(C(F)(F)F)ccc23)ccc1OC(C)(C)C.[HH]. The molecular weight excluding hydrogens is 435 g/mol. The highest BCUT2D eigenvalue weighted by Gasteiger charge is 2.44. The van der Waals surface area contributed by atoms with E-state index in [9.17, 15) is 18.0 Å². The van der Waals surface area contributed by atoms with Crippen molar-refractivity contribution in [3.8, 4) is 11.5 Å². The molecule has 0 unspecified atom stereocenters. The normalized spacial score (nSPS) is 18.2. The Labute approximate surface area is 193 Å². The Morgan fingerprint density at radius 2 is 1.76 bits per heavy atom. The van der Waals surface area contributed by atoms with Gasteiger partial charge in [0.15, 0.2) is 11.5 Å². The van der Waals surface area contributed by atoms with Crippen molar-refractivity contribution in [3.05, 3.63) is 47.3 Å². The molecule has 3 heterocycles. The number of nitrogens with one attached hydrogen (secondary N) is 1. The van der Waals surface area contributed by atoms with Crippen LogP contribution in [0.25, 0.3) is 0 Å². The molecule has 1 saturated heterocycles. The number of carbonyl (C=O) groups excluding carboxylic acids is 1. The van der Waals surface area contributed by atoms with Gasteiger partial charge in [-0.25, -0.2) is 0 Å². The van der Waals surface area contributed by atoms with Crippen molar-refractivity contribution in [2.45, 2.75) is 57.5 Å². The van der Waals surface area contributed by atoms with Gasteiger partial charge in [-0.3, -0.25) is 4.79 Å². The van der Waals surface area contributed by atoms with Crippen molar-refractivity contribution in [2.75, 3.05) is 26.7 Å². The fourth-order valence-electron chi connectivity index (χ4n) is 4.79. The quantitative estimate of drug-likeness (QED) is 0.713. The smallest absolute Gasteiger partial charge is 0.431 e. The summed E-state index contributed by atoms with van der Waals surface area (Å²) in [5, 5.41) is 3.44. The zero-order valence-electron chi connectivity index (χ0n) is 19.4. The Hall–Kier alpha value is -2.68. The first kappa shape index (κ1) is 23.5. The van der Waals surface area contributed by atoms with E-state index in [1.165, 1.54) is 11.7 Å². The molecule has 0 saturated carbocycles. The number of carbonyl (C=O) groups is 1. The molecular formula is C24H32F3N3O3. The number of halogens is 3. The number of aromatic nitrogens is 1. The predicted molar refractivity (Wildman–Crippen MR) is 120 cm³/mol. The molecule has 2 aliphatic heterocycles. The molecule has 6 nitrogen and oxygen atoms in total. The van der Waals surface area contributed by atoms with E-state index >= 15 is 0 Å². The summed E-state index contributed by atoms with van der Waals surface area (Å²) in [6.45, 7) is 7.44. The summed E-state index contributed by atoms with van der Waals surface area (Å²) >= 11 is 0. The Morgan fingerprint density at radius 1 is 1.06 bits per heavy atom. The second kappa shape index (κ2) is 8.27. The van der Waals surface area contributed by atoms with Gasteiger partial charge in [0.25, 0.3) is 5.91 Å². The molecule has 1 N–H and O–H groups in total. The van der Waals surface area contributed by atoms with Gasteiger partial charge in [0.1, 0.15) is 11.3 Å². The minimum atomic E-state index is -4.38. The molecule has 4 rings (SSSR count). The van der Waals surface area contributed by atoms with Gasteiger partial charge in [-0.05, 0) is 63.9 Å². The van der Waals surface area contributed by atoms with Gasteiger partial charge in [-0.2, -0.15) is 13.2 Å². The van der Waals surface area contributed by atoms with Gasteiger partial charge in [0, 0.05) is 38.9 Å². The number of amides is 1. The Morgan fingerprint density at radius 3 is 2.36 bits per heavy atom.